The van der Waals surface area contributed by atoms with E-state index in [0.717, 1.165) is 12.8 Å². The number of methoxy groups -OCH3 is 1. The van der Waals surface area contributed by atoms with Crippen molar-refractivity contribution in [3.8, 4) is 0 Å². The fraction of sp³-hybridized carbons (Fsp3) is 0.632. The molecule has 0 unspecified atom stereocenters. The summed E-state index contributed by atoms with van der Waals surface area (Å²) in [6.45, 7) is 3.24. The molecule has 0 aromatic heterocycles. The minimum absolute atomic E-state index is 0.0582. The minimum Gasteiger partial charge on any atom is -0.383 e. The Labute approximate surface area is 171 Å². The zero-order valence-corrected chi connectivity index (χ0v) is 18.6. The van der Waals surface area contributed by atoms with Crippen LogP contribution in [0.3, 0.4) is 0 Å². The van der Waals surface area contributed by atoms with Gasteiger partial charge in [0.05, 0.1) is 17.1 Å². The van der Waals surface area contributed by atoms with E-state index in [2.05, 4.69) is 32.9 Å². The standard InChI is InChI=1S/C19H31BrN2O4S/c1-3-4-5-6-7-8-9-12-21-19(23)17-15-16(10-11-18(17)20)27(24,25)22-13-14-26-2/h10-11,15,22H,3-9,12-14H2,1-2H3,(H,21,23). The number of amides is 1. The van der Waals surface area contributed by atoms with Crippen molar-refractivity contribution in [2.45, 2.75) is 56.8 Å². The van der Waals surface area contributed by atoms with Gasteiger partial charge in [-0.3, -0.25) is 4.79 Å². The Balaban J connectivity index is 2.54. The Kier molecular flexibility index (Phi) is 11.8. The molecule has 0 aliphatic heterocycles. The summed E-state index contributed by atoms with van der Waals surface area (Å²) in [5, 5.41) is 2.87. The van der Waals surface area contributed by atoms with E-state index in [-0.39, 0.29) is 24.0 Å². The fourth-order valence-corrected chi connectivity index (χ4v) is 4.05. The normalized spacial score (nSPS) is 11.5. The molecular formula is C19H31BrN2O4S. The number of hydrogen-bond acceptors (Lipinski definition) is 4. The maximum absolute atomic E-state index is 12.4. The first-order valence-corrected chi connectivity index (χ1v) is 11.8. The monoisotopic (exact) mass is 462 g/mol. The number of sulfonamides is 1. The summed E-state index contributed by atoms with van der Waals surface area (Å²) in [6.07, 6.45) is 8.22. The van der Waals surface area contributed by atoms with E-state index in [1.807, 2.05) is 0 Å². The van der Waals surface area contributed by atoms with Crippen molar-refractivity contribution >= 4 is 31.9 Å². The number of unbranched alkanes of at least 4 members (excludes halogenated alkanes) is 6. The van der Waals surface area contributed by atoms with Gasteiger partial charge in [0.15, 0.2) is 0 Å². The van der Waals surface area contributed by atoms with Gasteiger partial charge in [-0.25, -0.2) is 13.1 Å². The zero-order valence-electron chi connectivity index (χ0n) is 16.2. The molecule has 154 valence electrons. The fourth-order valence-electron chi connectivity index (χ4n) is 2.59. The molecule has 0 atom stereocenters. The summed E-state index contributed by atoms with van der Waals surface area (Å²) in [5.41, 5.74) is 0.313. The van der Waals surface area contributed by atoms with Gasteiger partial charge in [-0.1, -0.05) is 45.4 Å². The zero-order chi connectivity index (χ0) is 20.1. The van der Waals surface area contributed by atoms with Crippen LogP contribution in [0.1, 0.15) is 62.2 Å². The number of nitrogens with one attached hydrogen (secondary N) is 2. The average molecular weight is 463 g/mol. The van der Waals surface area contributed by atoms with E-state index in [4.69, 9.17) is 4.74 Å². The third-order valence-corrected chi connectivity index (χ3v) is 6.31. The highest BCUT2D eigenvalue weighted by atomic mass is 79.9. The van der Waals surface area contributed by atoms with E-state index in [1.165, 1.54) is 51.3 Å². The van der Waals surface area contributed by atoms with Crippen molar-refractivity contribution in [1.82, 2.24) is 10.0 Å². The van der Waals surface area contributed by atoms with Crippen LogP contribution in [0.5, 0.6) is 0 Å². The number of hydrogen-bond donors (Lipinski definition) is 2. The van der Waals surface area contributed by atoms with Crippen molar-refractivity contribution in [2.75, 3.05) is 26.8 Å². The van der Waals surface area contributed by atoms with Gasteiger partial charge in [0, 0.05) is 24.7 Å². The first kappa shape index (κ1) is 24.1. The Hall–Kier alpha value is -0.960. The summed E-state index contributed by atoms with van der Waals surface area (Å²) >= 11 is 3.32. The number of carbonyl (C=O) groups excluding carboxylic acids is 1. The summed E-state index contributed by atoms with van der Waals surface area (Å²) in [4.78, 5) is 12.5. The molecule has 0 bridgehead atoms. The SMILES string of the molecule is CCCCCCCCCNC(=O)c1cc(S(=O)(=O)NCCOC)ccc1Br. The van der Waals surface area contributed by atoms with Crippen LogP contribution < -0.4 is 10.0 Å². The van der Waals surface area contributed by atoms with Crippen molar-refractivity contribution in [2.24, 2.45) is 0 Å². The number of benzene rings is 1. The molecule has 27 heavy (non-hydrogen) atoms. The molecular weight excluding hydrogens is 432 g/mol. The van der Waals surface area contributed by atoms with E-state index >= 15 is 0 Å². The molecule has 1 rings (SSSR count). The first-order chi connectivity index (χ1) is 12.9. The molecule has 0 saturated carbocycles. The van der Waals surface area contributed by atoms with Gasteiger partial charge in [0.25, 0.3) is 5.91 Å². The van der Waals surface area contributed by atoms with Crippen LogP contribution in [0.25, 0.3) is 0 Å². The van der Waals surface area contributed by atoms with Crippen LogP contribution in [0, 0.1) is 0 Å². The Morgan fingerprint density at radius 3 is 2.41 bits per heavy atom. The average Bonchev–Trinajstić information content (AvgIpc) is 2.64. The lowest BCUT2D eigenvalue weighted by atomic mass is 10.1. The van der Waals surface area contributed by atoms with Gasteiger partial charge >= 0.3 is 0 Å². The molecule has 1 aromatic rings. The van der Waals surface area contributed by atoms with E-state index < -0.39 is 10.0 Å². The van der Waals surface area contributed by atoms with Gasteiger partial charge in [-0.05, 0) is 40.5 Å². The Morgan fingerprint density at radius 1 is 1.07 bits per heavy atom. The topological polar surface area (TPSA) is 84.5 Å². The second kappa shape index (κ2) is 13.3. The van der Waals surface area contributed by atoms with Crippen molar-refractivity contribution in [3.05, 3.63) is 28.2 Å². The highest BCUT2D eigenvalue weighted by Crippen LogP contribution is 2.21. The summed E-state index contributed by atoms with van der Waals surface area (Å²) < 4.78 is 32.4. The number of carbonyl (C=O) groups is 1. The summed E-state index contributed by atoms with van der Waals surface area (Å²) in [5.74, 6) is -0.276. The Bertz CT molecular complexity index is 680. The molecule has 8 heteroatoms. The molecule has 0 heterocycles. The lowest BCUT2D eigenvalue weighted by Crippen LogP contribution is -2.28. The van der Waals surface area contributed by atoms with E-state index in [9.17, 15) is 13.2 Å². The molecule has 0 fully saturated rings. The van der Waals surface area contributed by atoms with Crippen LogP contribution in [0.4, 0.5) is 0 Å². The number of halogens is 1. The van der Waals surface area contributed by atoms with E-state index in [0.29, 0.717) is 16.6 Å². The smallest absolute Gasteiger partial charge is 0.252 e. The molecule has 0 aliphatic carbocycles. The quantitative estimate of drug-likeness (QED) is 0.411. The lowest BCUT2D eigenvalue weighted by Gasteiger charge is -2.10. The maximum Gasteiger partial charge on any atom is 0.252 e. The molecule has 1 amide bonds. The van der Waals surface area contributed by atoms with Gasteiger partial charge in [0.1, 0.15) is 0 Å². The molecule has 2 N–H and O–H groups in total. The van der Waals surface area contributed by atoms with Crippen molar-refractivity contribution < 1.29 is 17.9 Å². The third-order valence-electron chi connectivity index (χ3n) is 4.16. The van der Waals surface area contributed by atoms with Crippen LogP contribution >= 0.6 is 15.9 Å². The van der Waals surface area contributed by atoms with E-state index in [1.54, 1.807) is 6.07 Å². The highest BCUT2D eigenvalue weighted by molar-refractivity contribution is 9.10. The van der Waals surface area contributed by atoms with Gasteiger partial charge in [-0.2, -0.15) is 0 Å². The van der Waals surface area contributed by atoms with Crippen LogP contribution in [-0.2, 0) is 14.8 Å². The molecule has 0 radical (unpaired) electrons. The number of rotatable bonds is 14. The summed E-state index contributed by atoms with van der Waals surface area (Å²) in [6, 6.07) is 4.43. The minimum atomic E-state index is -3.68. The second-order valence-electron chi connectivity index (χ2n) is 6.41. The molecule has 0 spiro atoms. The summed E-state index contributed by atoms with van der Waals surface area (Å²) in [7, 11) is -2.17. The van der Waals surface area contributed by atoms with Crippen LogP contribution in [0.2, 0.25) is 0 Å². The lowest BCUT2D eigenvalue weighted by molar-refractivity contribution is 0.0952. The Morgan fingerprint density at radius 2 is 1.74 bits per heavy atom. The van der Waals surface area contributed by atoms with Gasteiger partial charge in [0.2, 0.25) is 10.0 Å². The van der Waals surface area contributed by atoms with Gasteiger partial charge < -0.3 is 10.1 Å². The predicted molar refractivity (Wildman–Crippen MR) is 112 cm³/mol. The van der Waals surface area contributed by atoms with Crippen molar-refractivity contribution in [3.63, 3.8) is 0 Å². The predicted octanol–water partition coefficient (Wildman–Crippen LogP) is 3.85. The first-order valence-electron chi connectivity index (χ1n) is 9.48. The number of ether oxygens (including phenoxy) is 1. The van der Waals surface area contributed by atoms with Crippen molar-refractivity contribution in [1.29, 1.82) is 0 Å². The molecule has 6 nitrogen and oxygen atoms in total. The largest absolute Gasteiger partial charge is 0.383 e. The highest BCUT2D eigenvalue weighted by Gasteiger charge is 2.18. The second-order valence-corrected chi connectivity index (χ2v) is 9.03. The third kappa shape index (κ3) is 9.19. The molecule has 0 saturated heterocycles. The maximum atomic E-state index is 12.4. The molecule has 1 aromatic carbocycles. The molecule has 0 aliphatic rings. The van der Waals surface area contributed by atoms with Gasteiger partial charge in [-0.15, -0.1) is 0 Å². The van der Waals surface area contributed by atoms with Crippen LogP contribution in [-0.4, -0.2) is 41.1 Å². The van der Waals surface area contributed by atoms with Crippen LogP contribution in [0.15, 0.2) is 27.6 Å².